The summed E-state index contributed by atoms with van der Waals surface area (Å²) in [5, 5.41) is 0. The number of hydrogen-bond acceptors (Lipinski definition) is 1. The molecule has 4 atom stereocenters. The Balaban J connectivity index is 0.000000119. The Morgan fingerprint density at radius 2 is 1.67 bits per heavy atom. The van der Waals surface area contributed by atoms with Gasteiger partial charge in [0.25, 0.3) is 0 Å². The highest BCUT2D eigenvalue weighted by atomic mass is 16.6. The molecule has 0 amide bonds. The van der Waals surface area contributed by atoms with Gasteiger partial charge in [-0.25, -0.2) is 0 Å². The quantitative estimate of drug-likeness (QED) is 0.507. The molecule has 0 aromatic carbocycles. The predicted octanol–water partition coefficient (Wildman–Crippen LogP) is 2.85. The lowest BCUT2D eigenvalue weighted by Crippen LogP contribution is -2.03. The number of rotatable bonds is 0. The van der Waals surface area contributed by atoms with Crippen molar-refractivity contribution in [1.29, 1.82) is 0 Å². The van der Waals surface area contributed by atoms with Crippen LogP contribution in [0.5, 0.6) is 0 Å². The highest BCUT2D eigenvalue weighted by Gasteiger charge is 2.40. The molecule has 3 rings (SSSR count). The lowest BCUT2D eigenvalue weighted by atomic mass is 9.91. The summed E-state index contributed by atoms with van der Waals surface area (Å²) in [4.78, 5) is 0. The number of fused-ring (bicyclic) bond motifs is 1. The van der Waals surface area contributed by atoms with Gasteiger partial charge in [-0.05, 0) is 43.9 Å². The Labute approximate surface area is 75.5 Å². The average Bonchev–Trinajstić information content (AvgIpc) is 2.86. The molecule has 0 aromatic rings. The summed E-state index contributed by atoms with van der Waals surface area (Å²) in [5.74, 6) is 3.42. The molecule has 3 aliphatic rings. The summed E-state index contributed by atoms with van der Waals surface area (Å²) in [7, 11) is 0. The highest BCUT2D eigenvalue weighted by Crippen LogP contribution is 2.51. The molecule has 1 heteroatoms. The summed E-state index contributed by atoms with van der Waals surface area (Å²) in [5.41, 5.74) is 0. The Morgan fingerprint density at radius 3 is 2.08 bits per heavy atom. The molecule has 2 aliphatic carbocycles. The van der Waals surface area contributed by atoms with E-state index in [1.54, 1.807) is 19.3 Å². The van der Waals surface area contributed by atoms with Crippen LogP contribution in [-0.2, 0) is 4.74 Å². The predicted molar refractivity (Wildman–Crippen MR) is 50.0 cm³/mol. The fourth-order valence-electron chi connectivity index (χ4n) is 2.18. The molecule has 0 bridgehead atoms. The third-order valence-electron chi connectivity index (χ3n) is 3.30. The van der Waals surface area contributed by atoms with Crippen molar-refractivity contribution in [2.45, 2.75) is 45.6 Å². The first-order chi connectivity index (χ1) is 5.75. The Morgan fingerprint density at radius 1 is 1.00 bits per heavy atom. The van der Waals surface area contributed by atoms with Crippen LogP contribution < -0.4 is 0 Å². The largest absolute Gasteiger partial charge is 0.373 e. The lowest BCUT2D eigenvalue weighted by Gasteiger charge is -2.15. The summed E-state index contributed by atoms with van der Waals surface area (Å²) in [6.45, 7) is 5.44. The third kappa shape index (κ3) is 2.48. The topological polar surface area (TPSA) is 12.5 Å². The Bertz CT molecular complexity index is 151. The molecule has 3 fully saturated rings. The molecular weight excluding hydrogens is 148 g/mol. The first-order valence-corrected chi connectivity index (χ1v) is 5.37. The van der Waals surface area contributed by atoms with Crippen molar-refractivity contribution in [2.24, 2.45) is 17.8 Å². The van der Waals surface area contributed by atoms with Crippen molar-refractivity contribution in [2.75, 3.05) is 6.61 Å². The van der Waals surface area contributed by atoms with E-state index in [-0.39, 0.29) is 0 Å². The third-order valence-corrected chi connectivity index (χ3v) is 3.30. The van der Waals surface area contributed by atoms with Crippen LogP contribution in [0.25, 0.3) is 0 Å². The van der Waals surface area contributed by atoms with Crippen LogP contribution in [0.3, 0.4) is 0 Å². The SMILES string of the molecule is CC1CCC2CC2C1.CC1CO1. The minimum atomic E-state index is 0.583. The minimum Gasteiger partial charge on any atom is -0.373 e. The molecule has 0 radical (unpaired) electrons. The zero-order chi connectivity index (χ0) is 8.55. The second kappa shape index (κ2) is 3.37. The zero-order valence-electron chi connectivity index (χ0n) is 8.25. The van der Waals surface area contributed by atoms with Gasteiger partial charge in [0.1, 0.15) is 0 Å². The first-order valence-electron chi connectivity index (χ1n) is 5.37. The van der Waals surface area contributed by atoms with Gasteiger partial charge in [0.05, 0.1) is 12.7 Å². The molecule has 0 spiro atoms. The van der Waals surface area contributed by atoms with Crippen LogP contribution in [0.2, 0.25) is 0 Å². The van der Waals surface area contributed by atoms with E-state index in [1.165, 1.54) is 18.3 Å². The zero-order valence-corrected chi connectivity index (χ0v) is 8.25. The standard InChI is InChI=1S/C8H14.C3H6O/c1-6-2-3-7-5-8(7)4-6;1-3-2-4-3/h6-8H,2-5H2,1H3;3H,2H2,1H3. The van der Waals surface area contributed by atoms with Crippen molar-refractivity contribution in [3.63, 3.8) is 0 Å². The fraction of sp³-hybridized carbons (Fsp3) is 1.00. The van der Waals surface area contributed by atoms with Crippen molar-refractivity contribution >= 4 is 0 Å². The van der Waals surface area contributed by atoms with Gasteiger partial charge in [-0.15, -0.1) is 0 Å². The van der Waals surface area contributed by atoms with Crippen LogP contribution in [0.4, 0.5) is 0 Å². The van der Waals surface area contributed by atoms with Crippen molar-refractivity contribution in [3.8, 4) is 0 Å². The van der Waals surface area contributed by atoms with Crippen LogP contribution >= 0.6 is 0 Å². The molecule has 70 valence electrons. The molecule has 1 aliphatic heterocycles. The highest BCUT2D eigenvalue weighted by molar-refractivity contribution is 4.91. The van der Waals surface area contributed by atoms with Gasteiger partial charge in [-0.2, -0.15) is 0 Å². The van der Waals surface area contributed by atoms with Crippen molar-refractivity contribution < 1.29 is 4.74 Å². The Kier molecular flexibility index (Phi) is 2.40. The van der Waals surface area contributed by atoms with E-state index >= 15 is 0 Å². The smallest absolute Gasteiger partial charge is 0.0781 e. The molecule has 1 nitrogen and oxygen atoms in total. The van der Waals surface area contributed by atoms with E-state index in [0.29, 0.717) is 6.10 Å². The van der Waals surface area contributed by atoms with E-state index in [4.69, 9.17) is 4.74 Å². The van der Waals surface area contributed by atoms with Crippen LogP contribution in [-0.4, -0.2) is 12.7 Å². The molecule has 1 saturated heterocycles. The first kappa shape index (κ1) is 8.55. The lowest BCUT2D eigenvalue weighted by molar-refractivity contribution is 0.368. The molecule has 12 heavy (non-hydrogen) atoms. The van der Waals surface area contributed by atoms with Crippen molar-refractivity contribution in [3.05, 3.63) is 0 Å². The van der Waals surface area contributed by atoms with Crippen molar-refractivity contribution in [1.82, 2.24) is 0 Å². The van der Waals surface area contributed by atoms with Gasteiger partial charge in [0, 0.05) is 0 Å². The maximum absolute atomic E-state index is 4.71. The van der Waals surface area contributed by atoms with Gasteiger partial charge in [-0.3, -0.25) is 0 Å². The van der Waals surface area contributed by atoms with Gasteiger partial charge in [0.2, 0.25) is 0 Å². The molecule has 1 heterocycles. The number of hydrogen-bond donors (Lipinski definition) is 0. The van der Waals surface area contributed by atoms with Crippen LogP contribution in [0.1, 0.15) is 39.5 Å². The summed E-state index contributed by atoms with van der Waals surface area (Å²) in [6.07, 6.45) is 6.77. The maximum Gasteiger partial charge on any atom is 0.0781 e. The molecule has 2 saturated carbocycles. The van der Waals surface area contributed by atoms with Gasteiger partial charge in [0.15, 0.2) is 0 Å². The minimum absolute atomic E-state index is 0.583. The van der Waals surface area contributed by atoms with Crippen LogP contribution in [0.15, 0.2) is 0 Å². The normalized spacial score (nSPS) is 48.5. The van der Waals surface area contributed by atoms with E-state index in [0.717, 1.165) is 12.5 Å². The maximum atomic E-state index is 4.71. The number of ether oxygens (including phenoxy) is 1. The van der Waals surface area contributed by atoms with Gasteiger partial charge >= 0.3 is 0 Å². The average molecular weight is 168 g/mol. The fourth-order valence-corrected chi connectivity index (χ4v) is 2.18. The van der Waals surface area contributed by atoms with E-state index in [9.17, 15) is 0 Å². The second-order valence-electron chi connectivity index (χ2n) is 4.82. The molecular formula is C11H20O. The monoisotopic (exact) mass is 168 g/mol. The Hall–Kier alpha value is -0.0400. The summed E-state index contributed by atoms with van der Waals surface area (Å²) in [6, 6.07) is 0. The van der Waals surface area contributed by atoms with E-state index in [1.807, 2.05) is 0 Å². The van der Waals surface area contributed by atoms with Gasteiger partial charge < -0.3 is 4.74 Å². The van der Waals surface area contributed by atoms with E-state index in [2.05, 4.69) is 13.8 Å². The molecule has 0 N–H and O–H groups in total. The number of epoxide rings is 1. The molecule has 4 unspecified atom stereocenters. The van der Waals surface area contributed by atoms with E-state index < -0.39 is 0 Å². The molecule has 0 aromatic heterocycles. The van der Waals surface area contributed by atoms with Gasteiger partial charge in [-0.1, -0.05) is 13.3 Å². The summed E-state index contributed by atoms with van der Waals surface area (Å²) < 4.78 is 4.71. The summed E-state index contributed by atoms with van der Waals surface area (Å²) >= 11 is 0. The second-order valence-corrected chi connectivity index (χ2v) is 4.82. The van der Waals surface area contributed by atoms with Crippen LogP contribution in [0, 0.1) is 17.8 Å².